The molecule has 1 aromatic carbocycles. The average molecular weight is 318 g/mol. The molecule has 1 aromatic heterocycles. The predicted molar refractivity (Wildman–Crippen MR) is 74.3 cm³/mol. The van der Waals surface area contributed by atoms with Gasteiger partial charge in [0.2, 0.25) is 0 Å². The Morgan fingerprint density at radius 3 is 2.62 bits per heavy atom. The van der Waals surface area contributed by atoms with E-state index in [0.717, 1.165) is 6.07 Å². The topological polar surface area (TPSA) is 57.4 Å². The minimum atomic E-state index is -4.51. The standard InChI is InChI=1S/C13H13F3N2O2S/c1-19-4-5-20-11-3-2-8(6-9(11)13(14,15)16)10-7-21-12(17)18-10/h2-3,6-7H,4-5H2,1H3,(H2,17,18). The fraction of sp³-hybridized carbons (Fsp3) is 0.308. The summed E-state index contributed by atoms with van der Waals surface area (Å²) in [5.74, 6) is -0.230. The molecule has 2 aromatic rings. The first-order valence-electron chi connectivity index (χ1n) is 5.96. The van der Waals surface area contributed by atoms with Crippen LogP contribution in [0.5, 0.6) is 5.75 Å². The number of benzene rings is 1. The summed E-state index contributed by atoms with van der Waals surface area (Å²) in [6.07, 6.45) is -4.51. The normalized spacial score (nSPS) is 11.6. The summed E-state index contributed by atoms with van der Waals surface area (Å²) in [5.41, 5.74) is 5.40. The number of nitrogen functional groups attached to an aromatic ring is 1. The maximum atomic E-state index is 13.1. The zero-order valence-corrected chi connectivity index (χ0v) is 11.9. The zero-order valence-electron chi connectivity index (χ0n) is 11.1. The van der Waals surface area contributed by atoms with Crippen molar-refractivity contribution >= 4 is 16.5 Å². The maximum absolute atomic E-state index is 13.1. The number of halogens is 3. The number of ether oxygens (including phenoxy) is 2. The summed E-state index contributed by atoms with van der Waals surface area (Å²) >= 11 is 1.17. The minimum Gasteiger partial charge on any atom is -0.491 e. The highest BCUT2D eigenvalue weighted by Gasteiger charge is 2.35. The number of alkyl halides is 3. The molecule has 0 aliphatic rings. The van der Waals surface area contributed by atoms with Crippen LogP contribution >= 0.6 is 11.3 Å². The van der Waals surface area contributed by atoms with Gasteiger partial charge in [0.15, 0.2) is 5.13 Å². The Morgan fingerprint density at radius 1 is 1.29 bits per heavy atom. The number of thiazole rings is 1. The van der Waals surface area contributed by atoms with Gasteiger partial charge in [-0.15, -0.1) is 11.3 Å². The van der Waals surface area contributed by atoms with Crippen molar-refractivity contribution in [2.75, 3.05) is 26.1 Å². The molecule has 0 spiro atoms. The first-order valence-corrected chi connectivity index (χ1v) is 6.84. The molecular formula is C13H13F3N2O2S. The summed E-state index contributed by atoms with van der Waals surface area (Å²) in [7, 11) is 1.45. The smallest absolute Gasteiger partial charge is 0.419 e. The van der Waals surface area contributed by atoms with Gasteiger partial charge in [-0.3, -0.25) is 0 Å². The number of hydrogen-bond acceptors (Lipinski definition) is 5. The number of methoxy groups -OCH3 is 1. The zero-order chi connectivity index (χ0) is 15.5. The van der Waals surface area contributed by atoms with Crippen molar-refractivity contribution in [3.05, 3.63) is 29.1 Å². The van der Waals surface area contributed by atoms with Crippen molar-refractivity contribution in [1.29, 1.82) is 0 Å². The number of hydrogen-bond donors (Lipinski definition) is 1. The van der Waals surface area contributed by atoms with Crippen LogP contribution in [0.25, 0.3) is 11.3 Å². The Hall–Kier alpha value is -1.80. The third-order valence-electron chi connectivity index (χ3n) is 2.65. The Labute approximate surface area is 123 Å². The van der Waals surface area contributed by atoms with Crippen LogP contribution in [0.2, 0.25) is 0 Å². The van der Waals surface area contributed by atoms with Gasteiger partial charge in [0, 0.05) is 18.1 Å². The lowest BCUT2D eigenvalue weighted by atomic mass is 10.1. The molecule has 4 nitrogen and oxygen atoms in total. The quantitative estimate of drug-likeness (QED) is 0.858. The van der Waals surface area contributed by atoms with Crippen molar-refractivity contribution in [1.82, 2.24) is 4.98 Å². The van der Waals surface area contributed by atoms with Gasteiger partial charge in [0.25, 0.3) is 0 Å². The molecule has 21 heavy (non-hydrogen) atoms. The largest absolute Gasteiger partial charge is 0.491 e. The van der Waals surface area contributed by atoms with E-state index in [2.05, 4.69) is 4.98 Å². The Bertz CT molecular complexity index is 614. The lowest BCUT2D eigenvalue weighted by Crippen LogP contribution is -2.11. The highest BCUT2D eigenvalue weighted by Crippen LogP contribution is 2.39. The molecule has 0 bridgehead atoms. The van der Waals surface area contributed by atoms with Gasteiger partial charge < -0.3 is 15.2 Å². The molecule has 8 heteroatoms. The second-order valence-corrected chi connectivity index (χ2v) is 5.01. The molecule has 0 saturated carbocycles. The molecule has 114 valence electrons. The molecule has 0 fully saturated rings. The summed E-state index contributed by atoms with van der Waals surface area (Å²) < 4.78 is 49.2. The molecule has 1 heterocycles. The van der Waals surface area contributed by atoms with Gasteiger partial charge in [-0.1, -0.05) is 0 Å². The third-order valence-corrected chi connectivity index (χ3v) is 3.32. The summed E-state index contributed by atoms with van der Waals surface area (Å²) in [6, 6.07) is 3.81. The Balaban J connectivity index is 2.35. The van der Waals surface area contributed by atoms with E-state index in [0.29, 0.717) is 16.4 Å². The first-order chi connectivity index (χ1) is 9.91. The number of nitrogens with two attached hydrogens (primary N) is 1. The highest BCUT2D eigenvalue weighted by atomic mass is 32.1. The first kappa shape index (κ1) is 15.6. The van der Waals surface area contributed by atoms with Crippen molar-refractivity contribution in [3.63, 3.8) is 0 Å². The van der Waals surface area contributed by atoms with Crippen LogP contribution < -0.4 is 10.5 Å². The van der Waals surface area contributed by atoms with Gasteiger partial charge in [-0.05, 0) is 18.2 Å². The molecule has 2 N–H and O–H groups in total. The van der Waals surface area contributed by atoms with Gasteiger partial charge in [0.05, 0.1) is 17.9 Å². The van der Waals surface area contributed by atoms with Crippen molar-refractivity contribution in [2.24, 2.45) is 0 Å². The SMILES string of the molecule is COCCOc1ccc(-c2csc(N)n2)cc1C(F)(F)F. The van der Waals surface area contributed by atoms with Crippen LogP contribution in [0, 0.1) is 0 Å². The summed E-state index contributed by atoms with van der Waals surface area (Å²) in [4.78, 5) is 3.98. The third kappa shape index (κ3) is 3.85. The monoisotopic (exact) mass is 318 g/mol. The van der Waals surface area contributed by atoms with Crippen LogP contribution in [0.3, 0.4) is 0 Å². The van der Waals surface area contributed by atoms with E-state index in [4.69, 9.17) is 15.2 Å². The van der Waals surface area contributed by atoms with E-state index in [1.807, 2.05) is 0 Å². The predicted octanol–water partition coefficient (Wildman–Crippen LogP) is 3.44. The van der Waals surface area contributed by atoms with Crippen LogP contribution in [0.15, 0.2) is 23.6 Å². The van der Waals surface area contributed by atoms with Crippen molar-refractivity contribution < 1.29 is 22.6 Å². The lowest BCUT2D eigenvalue weighted by Gasteiger charge is -2.14. The molecule has 0 saturated heterocycles. The van der Waals surface area contributed by atoms with Gasteiger partial charge in [-0.25, -0.2) is 4.98 Å². The summed E-state index contributed by atoms with van der Waals surface area (Å²) in [5, 5.41) is 1.91. The van der Waals surface area contributed by atoms with Crippen LogP contribution in [0.1, 0.15) is 5.56 Å². The van der Waals surface area contributed by atoms with Gasteiger partial charge >= 0.3 is 6.18 Å². The van der Waals surface area contributed by atoms with E-state index in [1.54, 1.807) is 5.38 Å². The second kappa shape index (κ2) is 6.31. The second-order valence-electron chi connectivity index (χ2n) is 4.12. The van der Waals surface area contributed by atoms with Crippen LogP contribution in [-0.4, -0.2) is 25.3 Å². The molecule has 0 radical (unpaired) electrons. The molecular weight excluding hydrogens is 305 g/mol. The Kier molecular flexibility index (Phi) is 4.69. The van der Waals surface area contributed by atoms with Crippen LogP contribution in [-0.2, 0) is 10.9 Å². The van der Waals surface area contributed by atoms with E-state index in [9.17, 15) is 13.2 Å². The van der Waals surface area contributed by atoms with Crippen molar-refractivity contribution in [3.8, 4) is 17.0 Å². The van der Waals surface area contributed by atoms with E-state index < -0.39 is 11.7 Å². The van der Waals surface area contributed by atoms with Crippen molar-refractivity contribution in [2.45, 2.75) is 6.18 Å². The molecule has 0 aliphatic carbocycles. The number of nitrogens with zero attached hydrogens (tertiary/aromatic N) is 1. The van der Waals surface area contributed by atoms with E-state index >= 15 is 0 Å². The fourth-order valence-corrected chi connectivity index (χ4v) is 2.26. The van der Waals surface area contributed by atoms with Crippen LogP contribution in [0.4, 0.5) is 18.3 Å². The van der Waals surface area contributed by atoms with E-state index in [1.165, 1.54) is 30.6 Å². The molecule has 0 aliphatic heterocycles. The number of aromatic nitrogens is 1. The minimum absolute atomic E-state index is 0.0442. The number of rotatable bonds is 5. The van der Waals surface area contributed by atoms with E-state index in [-0.39, 0.29) is 19.0 Å². The highest BCUT2D eigenvalue weighted by molar-refractivity contribution is 7.13. The van der Waals surface area contributed by atoms with Gasteiger partial charge in [-0.2, -0.15) is 13.2 Å². The Morgan fingerprint density at radius 2 is 2.05 bits per heavy atom. The molecule has 0 atom stereocenters. The van der Waals surface area contributed by atoms with Gasteiger partial charge in [0.1, 0.15) is 12.4 Å². The maximum Gasteiger partial charge on any atom is 0.419 e. The fourth-order valence-electron chi connectivity index (χ4n) is 1.69. The molecule has 0 unspecified atom stereocenters. The molecule has 2 rings (SSSR count). The number of anilines is 1. The lowest BCUT2D eigenvalue weighted by molar-refractivity contribution is -0.139. The molecule has 0 amide bonds. The average Bonchev–Trinajstić information content (AvgIpc) is 2.85. The summed E-state index contributed by atoms with van der Waals surface area (Å²) in [6.45, 7) is 0.254.